The second-order valence-corrected chi connectivity index (χ2v) is 7.50. The van der Waals surface area contributed by atoms with Gasteiger partial charge in [-0.2, -0.15) is 0 Å². The topological polar surface area (TPSA) is 90.2 Å². The third-order valence-electron chi connectivity index (χ3n) is 5.06. The van der Waals surface area contributed by atoms with E-state index in [1.807, 2.05) is 44.2 Å². The quantitative estimate of drug-likeness (QED) is 0.495. The van der Waals surface area contributed by atoms with Crippen LogP contribution in [0.1, 0.15) is 37.9 Å². The summed E-state index contributed by atoms with van der Waals surface area (Å²) in [7, 11) is 1.68. The zero-order valence-electron chi connectivity index (χ0n) is 17.6. The number of hydrogen-bond acceptors (Lipinski definition) is 6. The van der Waals surface area contributed by atoms with E-state index in [0.29, 0.717) is 17.3 Å². The van der Waals surface area contributed by atoms with Gasteiger partial charge >= 0.3 is 5.97 Å². The Balaban J connectivity index is 1.61. The Morgan fingerprint density at radius 3 is 2.45 bits per heavy atom. The lowest BCUT2D eigenvalue weighted by Crippen LogP contribution is -2.34. The lowest BCUT2D eigenvalue weighted by molar-refractivity contribution is -0.155. The van der Waals surface area contributed by atoms with Gasteiger partial charge in [-0.1, -0.05) is 48.9 Å². The normalized spacial score (nSPS) is 12.8. The van der Waals surface area contributed by atoms with Gasteiger partial charge in [-0.15, -0.1) is 15.0 Å². The van der Waals surface area contributed by atoms with Crippen LogP contribution in [0.15, 0.2) is 54.6 Å². The van der Waals surface area contributed by atoms with Crippen molar-refractivity contribution in [3.05, 3.63) is 65.2 Å². The highest BCUT2D eigenvalue weighted by molar-refractivity contribution is 6.30. The number of carbonyl (C=O) groups is 2. The smallest absolute Gasteiger partial charge is 0.333 e. The predicted octanol–water partition coefficient (Wildman–Crippen LogP) is 3.71. The number of ether oxygens (including phenoxy) is 1. The maximum absolute atomic E-state index is 12.6. The highest BCUT2D eigenvalue weighted by atomic mass is 35.5. The second kappa shape index (κ2) is 10.2. The summed E-state index contributed by atoms with van der Waals surface area (Å²) in [5.74, 6) is -0.514. The number of benzene rings is 2. The first kappa shape index (κ1) is 22.4. The molecule has 0 spiro atoms. The number of rotatable bonds is 8. The van der Waals surface area contributed by atoms with E-state index in [2.05, 4.69) is 15.4 Å². The molecule has 3 aromatic rings. The first-order chi connectivity index (χ1) is 14.9. The van der Waals surface area contributed by atoms with Crippen LogP contribution >= 0.6 is 11.6 Å². The summed E-state index contributed by atoms with van der Waals surface area (Å²) < 4.78 is 5.27. The van der Waals surface area contributed by atoms with Crippen molar-refractivity contribution in [3.63, 3.8) is 0 Å². The Morgan fingerprint density at radius 1 is 1.13 bits per heavy atom. The van der Waals surface area contributed by atoms with E-state index in [1.54, 1.807) is 36.2 Å². The van der Waals surface area contributed by atoms with Gasteiger partial charge in [0.2, 0.25) is 5.82 Å². The zero-order valence-corrected chi connectivity index (χ0v) is 18.4. The Labute approximate surface area is 185 Å². The van der Waals surface area contributed by atoms with Gasteiger partial charge in [0.25, 0.3) is 5.91 Å². The Morgan fingerprint density at radius 2 is 1.81 bits per heavy atom. The molecular formula is C22H24ClN5O3. The molecule has 31 heavy (non-hydrogen) atoms. The van der Waals surface area contributed by atoms with E-state index in [4.69, 9.17) is 16.3 Å². The van der Waals surface area contributed by atoms with Crippen LogP contribution in [0.3, 0.4) is 0 Å². The first-order valence-corrected chi connectivity index (χ1v) is 10.3. The first-order valence-electron chi connectivity index (χ1n) is 9.93. The summed E-state index contributed by atoms with van der Waals surface area (Å²) in [6, 6.07) is 15.7. The van der Waals surface area contributed by atoms with Gasteiger partial charge in [-0.3, -0.25) is 4.79 Å². The molecule has 2 atom stereocenters. The number of nitrogens with zero attached hydrogens (tertiary/aromatic N) is 5. The molecule has 9 heteroatoms. The van der Waals surface area contributed by atoms with Gasteiger partial charge in [0, 0.05) is 17.6 Å². The van der Waals surface area contributed by atoms with Crippen molar-refractivity contribution < 1.29 is 14.3 Å². The fourth-order valence-electron chi connectivity index (χ4n) is 3.00. The molecule has 0 aliphatic carbocycles. The van der Waals surface area contributed by atoms with E-state index >= 15 is 0 Å². The summed E-state index contributed by atoms with van der Waals surface area (Å²) in [5, 5.41) is 12.9. The number of aromatic nitrogens is 4. The molecule has 1 heterocycles. The number of tetrazole rings is 1. The van der Waals surface area contributed by atoms with Crippen molar-refractivity contribution in [2.45, 2.75) is 32.4 Å². The molecule has 0 saturated heterocycles. The number of carbonyl (C=O) groups excluding carboxylic acids is 2. The van der Waals surface area contributed by atoms with Crippen LogP contribution in [0.5, 0.6) is 0 Å². The van der Waals surface area contributed by atoms with Crippen LogP contribution in [-0.2, 0) is 14.3 Å². The highest BCUT2D eigenvalue weighted by Crippen LogP contribution is 2.20. The monoisotopic (exact) mass is 441 g/mol. The third-order valence-corrected chi connectivity index (χ3v) is 5.31. The minimum atomic E-state index is -0.779. The summed E-state index contributed by atoms with van der Waals surface area (Å²) in [6.07, 6.45) is 0.389. The number of halogens is 1. The fraction of sp³-hybridized carbons (Fsp3) is 0.318. The van der Waals surface area contributed by atoms with Crippen molar-refractivity contribution in [1.29, 1.82) is 0 Å². The molecule has 3 rings (SSSR count). The van der Waals surface area contributed by atoms with Gasteiger partial charge < -0.3 is 9.64 Å². The third kappa shape index (κ3) is 5.46. The van der Waals surface area contributed by atoms with E-state index in [-0.39, 0.29) is 18.6 Å². The molecular weight excluding hydrogens is 418 g/mol. The second-order valence-electron chi connectivity index (χ2n) is 7.06. The molecule has 0 saturated carbocycles. The molecule has 1 aromatic heterocycles. The van der Waals surface area contributed by atoms with Crippen molar-refractivity contribution in [2.24, 2.45) is 0 Å². The molecule has 0 N–H and O–H groups in total. The van der Waals surface area contributed by atoms with E-state index in [9.17, 15) is 9.59 Å². The molecule has 2 unspecified atom stereocenters. The average Bonchev–Trinajstić information content (AvgIpc) is 3.27. The van der Waals surface area contributed by atoms with Crippen LogP contribution in [0, 0.1) is 0 Å². The highest BCUT2D eigenvalue weighted by Gasteiger charge is 2.26. The van der Waals surface area contributed by atoms with E-state index in [0.717, 1.165) is 11.1 Å². The van der Waals surface area contributed by atoms with Gasteiger partial charge in [0.1, 0.15) is 0 Å². The number of likely N-dealkylation sites (N-methyl/N-ethyl adjacent to an activating group) is 1. The van der Waals surface area contributed by atoms with E-state index in [1.165, 1.54) is 4.80 Å². The Hall–Kier alpha value is -3.26. The largest absolute Gasteiger partial charge is 0.454 e. The maximum atomic E-state index is 12.6. The van der Waals surface area contributed by atoms with Crippen LogP contribution in [0.4, 0.5) is 0 Å². The molecule has 2 aromatic carbocycles. The molecule has 8 nitrogen and oxygen atoms in total. The van der Waals surface area contributed by atoms with Crippen LogP contribution in [-0.4, -0.2) is 50.6 Å². The summed E-state index contributed by atoms with van der Waals surface area (Å²) >= 11 is 5.90. The van der Waals surface area contributed by atoms with Gasteiger partial charge in [0.05, 0.1) is 6.04 Å². The number of esters is 1. The zero-order chi connectivity index (χ0) is 22.4. The van der Waals surface area contributed by atoms with Crippen LogP contribution in [0.2, 0.25) is 5.02 Å². The lowest BCUT2D eigenvalue weighted by atomic mass is 10.1. The summed E-state index contributed by atoms with van der Waals surface area (Å²) in [5.41, 5.74) is 1.73. The van der Waals surface area contributed by atoms with Crippen LogP contribution in [0.25, 0.3) is 11.4 Å². The molecule has 0 radical (unpaired) electrons. The summed E-state index contributed by atoms with van der Waals surface area (Å²) in [4.78, 5) is 27.9. The van der Waals surface area contributed by atoms with Gasteiger partial charge in [-0.25, -0.2) is 4.79 Å². The van der Waals surface area contributed by atoms with Gasteiger partial charge in [-0.05, 0) is 48.4 Å². The standard InChI is InChI=1S/C22H24ClN5O3/c1-4-19(28-25-21(24-26-28)17-10-12-18(23)13-11-17)22(30)31-14-20(29)27(3)15(2)16-8-6-5-7-9-16/h5-13,15,19H,4,14H2,1-3H3. The van der Waals surface area contributed by atoms with Gasteiger partial charge in [0.15, 0.2) is 12.6 Å². The van der Waals surface area contributed by atoms with Crippen molar-refractivity contribution in [2.75, 3.05) is 13.7 Å². The van der Waals surface area contributed by atoms with Crippen molar-refractivity contribution in [1.82, 2.24) is 25.1 Å². The number of hydrogen-bond donors (Lipinski definition) is 0. The molecule has 1 amide bonds. The Kier molecular flexibility index (Phi) is 7.36. The SMILES string of the molecule is CCC(C(=O)OCC(=O)N(C)C(C)c1ccccc1)n1nnc(-c2ccc(Cl)cc2)n1. The molecule has 0 aliphatic heterocycles. The van der Waals surface area contributed by atoms with E-state index < -0.39 is 12.0 Å². The molecule has 0 fully saturated rings. The van der Waals surface area contributed by atoms with Crippen LogP contribution < -0.4 is 0 Å². The maximum Gasteiger partial charge on any atom is 0.333 e. The Bertz CT molecular complexity index is 1020. The minimum Gasteiger partial charge on any atom is -0.454 e. The van der Waals surface area contributed by atoms with Crippen molar-refractivity contribution >= 4 is 23.5 Å². The molecule has 0 bridgehead atoms. The fourth-order valence-corrected chi connectivity index (χ4v) is 3.12. The van der Waals surface area contributed by atoms with Crippen molar-refractivity contribution in [3.8, 4) is 11.4 Å². The lowest BCUT2D eigenvalue weighted by Gasteiger charge is -2.25. The number of amides is 1. The molecule has 0 aliphatic rings. The minimum absolute atomic E-state index is 0.145. The summed E-state index contributed by atoms with van der Waals surface area (Å²) in [6.45, 7) is 3.37. The average molecular weight is 442 g/mol. The predicted molar refractivity (Wildman–Crippen MR) is 116 cm³/mol. The molecule has 162 valence electrons.